The molecule has 2 aliphatic heterocycles. The van der Waals surface area contributed by atoms with Gasteiger partial charge in [-0.25, -0.2) is 13.2 Å². The third-order valence-electron chi connectivity index (χ3n) is 8.43. The molecule has 0 aromatic heterocycles. The van der Waals surface area contributed by atoms with Crippen molar-refractivity contribution in [3.8, 4) is 0 Å². The molecule has 1 aromatic carbocycles. The summed E-state index contributed by atoms with van der Waals surface area (Å²) >= 11 is 0. The molecule has 1 amide bonds. The summed E-state index contributed by atoms with van der Waals surface area (Å²) in [5.41, 5.74) is 4.85. The van der Waals surface area contributed by atoms with Gasteiger partial charge in [-0.05, 0) is 75.3 Å². The van der Waals surface area contributed by atoms with Crippen molar-refractivity contribution in [2.75, 3.05) is 50.8 Å². The third kappa shape index (κ3) is 6.26. The molecule has 0 radical (unpaired) electrons. The van der Waals surface area contributed by atoms with E-state index in [1.165, 1.54) is 34.8 Å². The van der Waals surface area contributed by atoms with Crippen molar-refractivity contribution in [1.82, 2.24) is 14.5 Å². The minimum atomic E-state index is -3.26. The van der Waals surface area contributed by atoms with E-state index in [0.29, 0.717) is 57.3 Å². The maximum absolute atomic E-state index is 14.0. The summed E-state index contributed by atoms with van der Waals surface area (Å²) in [5.74, 6) is -1.31. The first-order valence-corrected chi connectivity index (χ1v) is 15.2. The molecule has 1 aromatic rings. The van der Waals surface area contributed by atoms with Crippen LogP contribution in [0.5, 0.6) is 0 Å². The normalized spacial score (nSPS) is 29.2. The highest BCUT2D eigenvalue weighted by Gasteiger charge is 2.54. The van der Waals surface area contributed by atoms with Gasteiger partial charge in [-0.2, -0.15) is 4.31 Å². The Morgan fingerprint density at radius 1 is 1.08 bits per heavy atom. The average Bonchev–Trinajstić information content (AvgIpc) is 3.36. The number of anilines is 1. The standard InChI is InChI=1S/C26H39N5O6S/c1-38(36,37)31-14-12-30(13-15-31)22-16-26(28-17-22,23(32)19-4-2-18(3-5-19)10-11-27)25(35)29-21-8-6-20(7-9-21)24(33)34/h6-9,18-19,22,28H,2-5,10-17,27H2,1H3,(H,29,35)(H,33,34)/t18-,19-,22-,26-/m0/s1. The van der Waals surface area contributed by atoms with Gasteiger partial charge < -0.3 is 16.2 Å². The van der Waals surface area contributed by atoms with E-state index in [1.807, 2.05) is 0 Å². The van der Waals surface area contributed by atoms with Crippen LogP contribution in [-0.2, 0) is 19.6 Å². The summed E-state index contributed by atoms with van der Waals surface area (Å²) in [6.07, 6.45) is 5.73. The van der Waals surface area contributed by atoms with Crippen LogP contribution in [0.3, 0.4) is 0 Å². The molecule has 4 rings (SSSR count). The number of ketones is 1. The Bertz CT molecular complexity index is 1130. The number of carbonyl (C=O) groups excluding carboxylic acids is 2. The summed E-state index contributed by atoms with van der Waals surface area (Å²) in [7, 11) is -3.26. The molecule has 5 N–H and O–H groups in total. The molecule has 2 heterocycles. The fourth-order valence-corrected chi connectivity index (χ4v) is 6.98. The molecule has 0 unspecified atom stereocenters. The molecular formula is C26H39N5O6S. The second-order valence-corrected chi connectivity index (χ2v) is 12.8. The molecule has 3 aliphatic rings. The highest BCUT2D eigenvalue weighted by Crippen LogP contribution is 2.37. The second kappa shape index (κ2) is 11.8. The van der Waals surface area contributed by atoms with Gasteiger partial charge >= 0.3 is 5.97 Å². The Kier molecular flexibility index (Phi) is 8.88. The van der Waals surface area contributed by atoms with Gasteiger partial charge in [0.1, 0.15) is 0 Å². The number of hydrogen-bond donors (Lipinski definition) is 4. The molecule has 11 nitrogen and oxygen atoms in total. The van der Waals surface area contributed by atoms with Crippen LogP contribution in [0.4, 0.5) is 5.69 Å². The quantitative estimate of drug-likeness (QED) is 0.325. The Morgan fingerprint density at radius 3 is 2.26 bits per heavy atom. The van der Waals surface area contributed by atoms with E-state index in [4.69, 9.17) is 10.8 Å². The smallest absolute Gasteiger partial charge is 0.335 e. The maximum Gasteiger partial charge on any atom is 0.335 e. The number of sulfonamides is 1. The number of nitrogens with one attached hydrogen (secondary N) is 2. The minimum Gasteiger partial charge on any atom is -0.478 e. The summed E-state index contributed by atoms with van der Waals surface area (Å²) in [5, 5.41) is 15.3. The summed E-state index contributed by atoms with van der Waals surface area (Å²) in [6.45, 7) is 2.90. The van der Waals surface area contributed by atoms with E-state index in [2.05, 4.69) is 15.5 Å². The summed E-state index contributed by atoms with van der Waals surface area (Å²) < 4.78 is 25.3. The van der Waals surface area contributed by atoms with Crippen LogP contribution in [0, 0.1) is 11.8 Å². The van der Waals surface area contributed by atoms with Crippen LogP contribution in [0.1, 0.15) is 48.9 Å². The van der Waals surface area contributed by atoms with Crippen molar-refractivity contribution in [2.24, 2.45) is 17.6 Å². The highest BCUT2D eigenvalue weighted by atomic mass is 32.2. The van der Waals surface area contributed by atoms with E-state index in [-0.39, 0.29) is 23.3 Å². The number of carbonyl (C=O) groups is 3. The monoisotopic (exact) mass is 549 g/mol. The third-order valence-corrected chi connectivity index (χ3v) is 9.73. The number of nitrogens with zero attached hydrogens (tertiary/aromatic N) is 2. The first-order valence-electron chi connectivity index (χ1n) is 13.4. The van der Waals surface area contributed by atoms with Gasteiger partial charge in [0.15, 0.2) is 11.3 Å². The molecule has 3 fully saturated rings. The Hall–Kier alpha value is -2.38. The molecule has 12 heteroatoms. The van der Waals surface area contributed by atoms with Crippen LogP contribution < -0.4 is 16.4 Å². The lowest BCUT2D eigenvalue weighted by Crippen LogP contribution is -2.59. The molecule has 38 heavy (non-hydrogen) atoms. The molecular weight excluding hydrogens is 510 g/mol. The van der Waals surface area contributed by atoms with E-state index in [0.717, 1.165) is 32.1 Å². The lowest BCUT2D eigenvalue weighted by molar-refractivity contribution is -0.137. The number of aromatic carboxylic acids is 1. The van der Waals surface area contributed by atoms with Gasteiger partial charge in [0.25, 0.3) is 5.91 Å². The van der Waals surface area contributed by atoms with Crippen molar-refractivity contribution in [3.63, 3.8) is 0 Å². The van der Waals surface area contributed by atoms with Crippen LogP contribution >= 0.6 is 0 Å². The fourth-order valence-electron chi connectivity index (χ4n) is 6.15. The lowest BCUT2D eigenvalue weighted by Gasteiger charge is -2.38. The first kappa shape index (κ1) is 28.6. The second-order valence-electron chi connectivity index (χ2n) is 10.8. The molecule has 0 spiro atoms. The van der Waals surface area contributed by atoms with Crippen LogP contribution in [0.25, 0.3) is 0 Å². The van der Waals surface area contributed by atoms with Gasteiger partial charge in [-0.3, -0.25) is 19.8 Å². The van der Waals surface area contributed by atoms with Crippen molar-refractivity contribution in [1.29, 1.82) is 0 Å². The van der Waals surface area contributed by atoms with E-state index >= 15 is 0 Å². The number of benzene rings is 1. The van der Waals surface area contributed by atoms with Crippen molar-refractivity contribution in [3.05, 3.63) is 29.8 Å². The summed E-state index contributed by atoms with van der Waals surface area (Å²) in [4.78, 5) is 41.2. The fraction of sp³-hybridized carbons (Fsp3) is 0.654. The van der Waals surface area contributed by atoms with Crippen LogP contribution in [0.2, 0.25) is 0 Å². The average molecular weight is 550 g/mol. The van der Waals surface area contributed by atoms with E-state index in [1.54, 1.807) is 0 Å². The number of Topliss-reactive ketones (excluding diaryl/α,β-unsaturated/α-hetero) is 1. The number of carboxylic acids is 1. The Morgan fingerprint density at radius 2 is 1.71 bits per heavy atom. The zero-order valence-corrected chi connectivity index (χ0v) is 22.7. The SMILES string of the molecule is CS(=O)(=O)N1CCN([C@@H]2CN[C@](C(=O)Nc3ccc(C(=O)O)cc3)(C(=O)[C@H]3CC[C@H](CCN)CC3)C2)CC1. The zero-order valence-electron chi connectivity index (χ0n) is 21.9. The molecule has 0 bridgehead atoms. The topological polar surface area (TPSA) is 162 Å². The number of carboxylic acid groups (broad SMARTS) is 1. The van der Waals surface area contributed by atoms with Crippen LogP contribution in [0.15, 0.2) is 24.3 Å². The number of piperazine rings is 1. The molecule has 1 saturated carbocycles. The maximum atomic E-state index is 14.0. The molecule has 2 saturated heterocycles. The minimum absolute atomic E-state index is 0.0885. The van der Waals surface area contributed by atoms with Gasteiger partial charge in [0.05, 0.1) is 11.8 Å². The number of rotatable bonds is 9. The van der Waals surface area contributed by atoms with Crippen LogP contribution in [-0.4, -0.2) is 97.5 Å². The van der Waals surface area contributed by atoms with Crippen molar-refractivity contribution < 1.29 is 27.9 Å². The zero-order chi connectivity index (χ0) is 27.5. The number of hydrogen-bond acceptors (Lipinski definition) is 8. The summed E-state index contributed by atoms with van der Waals surface area (Å²) in [6, 6.07) is 5.78. The Labute approximate surface area is 224 Å². The van der Waals surface area contributed by atoms with Gasteiger partial charge in [-0.1, -0.05) is 0 Å². The van der Waals surface area contributed by atoms with E-state index < -0.39 is 27.4 Å². The first-order chi connectivity index (χ1) is 18.0. The molecule has 210 valence electrons. The molecule has 2 atom stereocenters. The van der Waals surface area contributed by atoms with Gasteiger partial charge in [0.2, 0.25) is 10.0 Å². The predicted octanol–water partition coefficient (Wildman–Crippen LogP) is 0.726. The van der Waals surface area contributed by atoms with Crippen molar-refractivity contribution >= 4 is 33.4 Å². The number of amides is 1. The van der Waals surface area contributed by atoms with E-state index in [9.17, 15) is 22.8 Å². The molecule has 1 aliphatic carbocycles. The lowest BCUT2D eigenvalue weighted by atomic mass is 9.73. The van der Waals surface area contributed by atoms with Crippen molar-refractivity contribution in [2.45, 2.75) is 50.1 Å². The largest absolute Gasteiger partial charge is 0.478 e. The highest BCUT2D eigenvalue weighted by molar-refractivity contribution is 7.88. The Balaban J connectivity index is 1.51. The number of nitrogens with two attached hydrogens (primary N) is 1. The van der Waals surface area contributed by atoms with Gasteiger partial charge in [0, 0.05) is 50.4 Å². The van der Waals surface area contributed by atoms with Gasteiger partial charge in [-0.15, -0.1) is 0 Å². The predicted molar refractivity (Wildman–Crippen MR) is 143 cm³/mol.